The minimum atomic E-state index is -0.431. The molecule has 0 aliphatic heterocycles. The number of carbonyl (C=O) groups is 1. The fraction of sp³-hybridized carbons (Fsp3) is 0.933. The number of rotatable bonds is 7. The monoisotopic (exact) mass is 286 g/mol. The van der Waals surface area contributed by atoms with Crippen LogP contribution in [0.3, 0.4) is 0 Å². The van der Waals surface area contributed by atoms with E-state index in [1.54, 1.807) is 0 Å². The standard InChI is InChI=1S/C15H30N2O3/c1-11(2)10-19-7-6-16-12-8-13(9-12)17-14(18)20-15(3,4)5/h11-13,16H,6-10H2,1-5H3,(H,17,18). The van der Waals surface area contributed by atoms with Crippen molar-refractivity contribution < 1.29 is 14.3 Å². The molecule has 2 N–H and O–H groups in total. The molecular formula is C15H30N2O3. The van der Waals surface area contributed by atoms with Gasteiger partial charge in [-0.3, -0.25) is 0 Å². The zero-order valence-electron chi connectivity index (χ0n) is 13.5. The molecule has 5 nitrogen and oxygen atoms in total. The van der Waals surface area contributed by atoms with Crippen LogP contribution >= 0.6 is 0 Å². The Hall–Kier alpha value is -0.810. The average Bonchev–Trinajstić information content (AvgIpc) is 2.21. The summed E-state index contributed by atoms with van der Waals surface area (Å²) in [5, 5.41) is 6.31. The molecule has 20 heavy (non-hydrogen) atoms. The molecular weight excluding hydrogens is 256 g/mol. The van der Waals surface area contributed by atoms with E-state index in [1.807, 2.05) is 20.8 Å². The molecule has 0 aromatic rings. The van der Waals surface area contributed by atoms with Crippen molar-refractivity contribution in [2.75, 3.05) is 19.8 Å². The number of ether oxygens (including phenoxy) is 2. The Morgan fingerprint density at radius 2 is 1.90 bits per heavy atom. The van der Waals surface area contributed by atoms with Gasteiger partial charge in [-0.2, -0.15) is 0 Å². The van der Waals surface area contributed by atoms with Gasteiger partial charge in [0.25, 0.3) is 0 Å². The number of hydrogen-bond acceptors (Lipinski definition) is 4. The molecule has 118 valence electrons. The lowest BCUT2D eigenvalue weighted by atomic mass is 9.87. The van der Waals surface area contributed by atoms with Crippen LogP contribution < -0.4 is 10.6 Å². The maximum Gasteiger partial charge on any atom is 0.407 e. The lowest BCUT2D eigenvalue weighted by molar-refractivity contribution is 0.0461. The van der Waals surface area contributed by atoms with E-state index in [2.05, 4.69) is 24.5 Å². The highest BCUT2D eigenvalue weighted by atomic mass is 16.6. The van der Waals surface area contributed by atoms with Gasteiger partial charge in [-0.15, -0.1) is 0 Å². The first-order chi connectivity index (χ1) is 9.26. The quantitative estimate of drug-likeness (QED) is 0.705. The van der Waals surface area contributed by atoms with Crippen LogP contribution in [0.15, 0.2) is 0 Å². The van der Waals surface area contributed by atoms with E-state index in [9.17, 15) is 4.79 Å². The van der Waals surface area contributed by atoms with Crippen molar-refractivity contribution in [1.82, 2.24) is 10.6 Å². The highest BCUT2D eigenvalue weighted by Crippen LogP contribution is 2.20. The first kappa shape index (κ1) is 17.2. The van der Waals surface area contributed by atoms with Crippen LogP contribution in [0, 0.1) is 5.92 Å². The van der Waals surface area contributed by atoms with Crippen molar-refractivity contribution in [3.8, 4) is 0 Å². The minimum absolute atomic E-state index is 0.235. The van der Waals surface area contributed by atoms with E-state index in [0.717, 1.165) is 32.6 Å². The van der Waals surface area contributed by atoms with E-state index < -0.39 is 5.60 Å². The van der Waals surface area contributed by atoms with E-state index >= 15 is 0 Å². The average molecular weight is 286 g/mol. The summed E-state index contributed by atoms with van der Waals surface area (Å²) in [6.45, 7) is 12.3. The first-order valence-electron chi connectivity index (χ1n) is 7.57. The van der Waals surface area contributed by atoms with Gasteiger partial charge in [0.2, 0.25) is 0 Å². The van der Waals surface area contributed by atoms with Crippen LogP contribution in [0.2, 0.25) is 0 Å². The van der Waals surface area contributed by atoms with Gasteiger partial charge in [0.1, 0.15) is 5.60 Å². The Labute approximate surface area is 122 Å². The molecule has 1 aliphatic carbocycles. The van der Waals surface area contributed by atoms with Crippen LogP contribution in [-0.4, -0.2) is 43.5 Å². The van der Waals surface area contributed by atoms with Gasteiger partial charge in [0.15, 0.2) is 0 Å². The summed E-state index contributed by atoms with van der Waals surface area (Å²) in [6, 6.07) is 0.719. The van der Waals surface area contributed by atoms with Crippen LogP contribution in [0.4, 0.5) is 4.79 Å². The zero-order chi connectivity index (χ0) is 15.2. The van der Waals surface area contributed by atoms with Crippen molar-refractivity contribution in [3.05, 3.63) is 0 Å². The molecule has 0 atom stereocenters. The van der Waals surface area contributed by atoms with Gasteiger partial charge >= 0.3 is 6.09 Å². The highest BCUT2D eigenvalue weighted by Gasteiger charge is 2.31. The minimum Gasteiger partial charge on any atom is -0.444 e. The number of nitrogens with one attached hydrogen (secondary N) is 2. The fourth-order valence-corrected chi connectivity index (χ4v) is 2.03. The molecule has 0 aromatic heterocycles. The predicted molar refractivity (Wildman–Crippen MR) is 79.8 cm³/mol. The maximum atomic E-state index is 11.6. The molecule has 1 fully saturated rings. The van der Waals surface area contributed by atoms with E-state index in [-0.39, 0.29) is 12.1 Å². The normalized spacial score (nSPS) is 22.5. The molecule has 0 heterocycles. The Morgan fingerprint density at radius 3 is 2.45 bits per heavy atom. The Bertz CT molecular complexity index is 294. The van der Waals surface area contributed by atoms with E-state index in [0.29, 0.717) is 12.0 Å². The lowest BCUT2D eigenvalue weighted by Crippen LogP contribution is -2.53. The van der Waals surface area contributed by atoms with Gasteiger partial charge in [-0.1, -0.05) is 13.8 Å². The summed E-state index contributed by atoms with van der Waals surface area (Å²) in [7, 11) is 0. The van der Waals surface area contributed by atoms with Gasteiger partial charge < -0.3 is 20.1 Å². The highest BCUT2D eigenvalue weighted by molar-refractivity contribution is 5.68. The summed E-state index contributed by atoms with van der Waals surface area (Å²) in [5.41, 5.74) is -0.431. The molecule has 0 saturated heterocycles. The summed E-state index contributed by atoms with van der Waals surface area (Å²) in [6.07, 6.45) is 1.61. The van der Waals surface area contributed by atoms with E-state index in [4.69, 9.17) is 9.47 Å². The molecule has 1 aliphatic rings. The molecule has 1 amide bonds. The second-order valence-corrected chi connectivity index (χ2v) is 6.93. The molecule has 0 bridgehead atoms. The maximum absolute atomic E-state index is 11.6. The Balaban J connectivity index is 1.99. The summed E-state index contributed by atoms with van der Waals surface area (Å²) in [5.74, 6) is 0.584. The molecule has 0 spiro atoms. The van der Waals surface area contributed by atoms with E-state index in [1.165, 1.54) is 0 Å². The van der Waals surface area contributed by atoms with Crippen molar-refractivity contribution in [3.63, 3.8) is 0 Å². The number of amides is 1. The smallest absolute Gasteiger partial charge is 0.407 e. The SMILES string of the molecule is CC(C)COCCNC1CC(NC(=O)OC(C)(C)C)C1. The predicted octanol–water partition coefficient (Wildman–Crippen LogP) is 2.30. The molecule has 1 saturated carbocycles. The van der Waals surface area contributed by atoms with Crippen molar-refractivity contribution in [1.29, 1.82) is 0 Å². The second-order valence-electron chi connectivity index (χ2n) is 6.93. The molecule has 0 radical (unpaired) electrons. The first-order valence-corrected chi connectivity index (χ1v) is 7.57. The van der Waals surface area contributed by atoms with Gasteiger partial charge in [0, 0.05) is 25.2 Å². The topological polar surface area (TPSA) is 59.6 Å². The van der Waals surface area contributed by atoms with Crippen molar-refractivity contribution >= 4 is 6.09 Å². The van der Waals surface area contributed by atoms with Gasteiger partial charge in [-0.05, 0) is 39.5 Å². The third-order valence-electron chi connectivity index (χ3n) is 2.99. The summed E-state index contributed by atoms with van der Waals surface area (Å²) >= 11 is 0. The van der Waals surface area contributed by atoms with Crippen LogP contribution in [0.5, 0.6) is 0 Å². The fourth-order valence-electron chi connectivity index (χ4n) is 2.03. The third kappa shape index (κ3) is 7.70. The second kappa shape index (κ2) is 7.84. The van der Waals surface area contributed by atoms with Crippen molar-refractivity contribution in [2.45, 2.75) is 65.1 Å². The third-order valence-corrected chi connectivity index (χ3v) is 2.99. The summed E-state index contributed by atoms with van der Waals surface area (Å²) in [4.78, 5) is 11.6. The molecule has 5 heteroatoms. The largest absolute Gasteiger partial charge is 0.444 e. The van der Waals surface area contributed by atoms with Crippen LogP contribution in [-0.2, 0) is 9.47 Å². The zero-order valence-corrected chi connectivity index (χ0v) is 13.5. The lowest BCUT2D eigenvalue weighted by Gasteiger charge is -2.36. The number of hydrogen-bond donors (Lipinski definition) is 2. The number of alkyl carbamates (subject to hydrolysis) is 1. The van der Waals surface area contributed by atoms with Gasteiger partial charge in [0.05, 0.1) is 6.61 Å². The molecule has 0 aromatic carbocycles. The molecule has 0 unspecified atom stereocenters. The molecule has 1 rings (SSSR count). The Kier molecular flexibility index (Phi) is 6.76. The van der Waals surface area contributed by atoms with Gasteiger partial charge in [-0.25, -0.2) is 4.79 Å². The summed E-state index contributed by atoms with van der Waals surface area (Å²) < 4.78 is 10.7. The van der Waals surface area contributed by atoms with Crippen LogP contribution in [0.1, 0.15) is 47.5 Å². The number of carbonyl (C=O) groups excluding carboxylic acids is 1. The van der Waals surface area contributed by atoms with Crippen molar-refractivity contribution in [2.24, 2.45) is 5.92 Å². The Morgan fingerprint density at radius 1 is 1.25 bits per heavy atom. The van der Waals surface area contributed by atoms with Crippen LogP contribution in [0.25, 0.3) is 0 Å².